The van der Waals surface area contributed by atoms with Crippen molar-refractivity contribution in [2.75, 3.05) is 0 Å². The topological polar surface area (TPSA) is 52.7 Å². The number of benzene rings is 4. The maximum absolute atomic E-state index is 13.8. The summed E-state index contributed by atoms with van der Waals surface area (Å²) in [6.07, 6.45) is 1.59. The molecule has 5 nitrogen and oxygen atoms in total. The van der Waals surface area contributed by atoms with E-state index in [1.165, 1.54) is 0 Å². The average molecular weight is 519 g/mol. The highest BCUT2D eigenvalue weighted by Crippen LogP contribution is 2.27. The van der Waals surface area contributed by atoms with Crippen LogP contribution in [-0.2, 0) is 0 Å². The number of para-hydroxylation sites is 1. The van der Waals surface area contributed by atoms with E-state index in [4.69, 9.17) is 4.98 Å². The largest absolute Gasteiger partial charge is 0.269 e. The van der Waals surface area contributed by atoms with Crippen molar-refractivity contribution in [1.82, 2.24) is 19.3 Å². The van der Waals surface area contributed by atoms with Gasteiger partial charge in [-0.15, -0.1) is 0 Å². The molecule has 0 aliphatic heterocycles. The van der Waals surface area contributed by atoms with Crippen molar-refractivity contribution in [3.8, 4) is 33.9 Å². The van der Waals surface area contributed by atoms with E-state index in [1.807, 2.05) is 84.9 Å². The summed E-state index contributed by atoms with van der Waals surface area (Å²) in [4.78, 5) is 18.8. The summed E-state index contributed by atoms with van der Waals surface area (Å²) in [6.45, 7) is 0. The summed E-state index contributed by atoms with van der Waals surface area (Å²) in [6, 6.07) is 35.7. The van der Waals surface area contributed by atoms with Gasteiger partial charge in [0.1, 0.15) is 11.2 Å². The maximum atomic E-state index is 13.8. The van der Waals surface area contributed by atoms with Gasteiger partial charge in [-0.3, -0.25) is 9.36 Å². The van der Waals surface area contributed by atoms with E-state index in [9.17, 15) is 4.79 Å². The molecule has 0 N–H and O–H groups in total. The number of fused-ring (bicyclic) bond motifs is 1. The molecular weight excluding hydrogens is 500 g/mol. The van der Waals surface area contributed by atoms with Crippen molar-refractivity contribution in [3.05, 3.63) is 130 Å². The van der Waals surface area contributed by atoms with Gasteiger partial charge >= 0.3 is 0 Å². The average Bonchev–Trinajstić information content (AvgIpc) is 3.35. The minimum Gasteiger partial charge on any atom is -0.268 e. The molecule has 0 aliphatic carbocycles. The molecule has 6 rings (SSSR count). The van der Waals surface area contributed by atoms with Crippen LogP contribution in [0.2, 0.25) is 0 Å². The van der Waals surface area contributed by atoms with E-state index >= 15 is 0 Å². The van der Waals surface area contributed by atoms with E-state index in [0.717, 1.165) is 32.5 Å². The summed E-state index contributed by atoms with van der Waals surface area (Å²) < 4.78 is 4.31. The predicted molar refractivity (Wildman–Crippen MR) is 143 cm³/mol. The second-order valence-electron chi connectivity index (χ2n) is 8.12. The van der Waals surface area contributed by atoms with Gasteiger partial charge in [0.05, 0.1) is 17.6 Å². The zero-order valence-corrected chi connectivity index (χ0v) is 20.1. The monoisotopic (exact) mass is 518 g/mol. The Bertz CT molecular complexity index is 1690. The molecule has 6 heteroatoms. The molecule has 0 radical (unpaired) electrons. The molecule has 2 aromatic heterocycles. The lowest BCUT2D eigenvalue weighted by Crippen LogP contribution is -2.22. The van der Waals surface area contributed by atoms with E-state index in [0.29, 0.717) is 16.9 Å². The lowest BCUT2D eigenvalue weighted by atomic mass is 10.0. The van der Waals surface area contributed by atoms with Crippen LogP contribution >= 0.6 is 15.9 Å². The van der Waals surface area contributed by atoms with Gasteiger partial charge in [0.25, 0.3) is 5.56 Å². The third-order valence-corrected chi connectivity index (χ3v) is 6.47. The van der Waals surface area contributed by atoms with Crippen LogP contribution in [0.5, 0.6) is 0 Å². The molecule has 0 amide bonds. The fraction of sp³-hybridized carbons (Fsp3) is 0. The van der Waals surface area contributed by atoms with Gasteiger partial charge in [0.15, 0.2) is 5.65 Å². The van der Waals surface area contributed by atoms with Crippen LogP contribution in [0, 0.1) is 0 Å². The van der Waals surface area contributed by atoms with Crippen molar-refractivity contribution in [3.63, 3.8) is 0 Å². The Balaban J connectivity index is 1.59. The lowest BCUT2D eigenvalue weighted by molar-refractivity contribution is 0.888. The Morgan fingerprint density at radius 2 is 1.23 bits per heavy atom. The van der Waals surface area contributed by atoms with Crippen LogP contribution in [0.3, 0.4) is 0 Å². The minimum atomic E-state index is -0.165. The Hall–Kier alpha value is -4.29. The molecule has 0 spiro atoms. The van der Waals surface area contributed by atoms with Gasteiger partial charge in [-0.05, 0) is 47.5 Å². The standard InChI is InChI=1S/C29H19BrN4O/c30-23-15-17-24(18-16-23)33-27(22-13-11-21(12-14-22)20-7-3-1-4-8-20)32-28-26(29(33)35)19-31-34(28)25-9-5-2-6-10-25/h1-19H. The highest BCUT2D eigenvalue weighted by molar-refractivity contribution is 9.10. The molecule has 168 valence electrons. The van der Waals surface area contributed by atoms with Crippen LogP contribution in [0.15, 0.2) is 125 Å². The molecule has 0 fully saturated rings. The van der Waals surface area contributed by atoms with Crippen molar-refractivity contribution in [1.29, 1.82) is 0 Å². The first-order valence-corrected chi connectivity index (χ1v) is 12.0. The molecule has 0 atom stereocenters. The summed E-state index contributed by atoms with van der Waals surface area (Å²) in [5.74, 6) is 0.558. The van der Waals surface area contributed by atoms with Crippen LogP contribution in [0.25, 0.3) is 44.9 Å². The molecule has 0 unspecified atom stereocenters. The molecule has 6 aromatic rings. The fourth-order valence-electron chi connectivity index (χ4n) is 4.19. The van der Waals surface area contributed by atoms with Gasteiger partial charge in [-0.1, -0.05) is 88.7 Å². The first-order valence-electron chi connectivity index (χ1n) is 11.2. The van der Waals surface area contributed by atoms with E-state index < -0.39 is 0 Å². The second kappa shape index (κ2) is 8.81. The lowest BCUT2D eigenvalue weighted by Gasteiger charge is -2.14. The van der Waals surface area contributed by atoms with Crippen molar-refractivity contribution >= 4 is 27.0 Å². The summed E-state index contributed by atoms with van der Waals surface area (Å²) in [7, 11) is 0. The summed E-state index contributed by atoms with van der Waals surface area (Å²) in [5.41, 5.74) is 5.02. The smallest absolute Gasteiger partial charge is 0.268 e. The third kappa shape index (κ3) is 3.88. The van der Waals surface area contributed by atoms with Gasteiger partial charge in [0.2, 0.25) is 0 Å². The number of nitrogens with zero attached hydrogens (tertiary/aromatic N) is 4. The van der Waals surface area contributed by atoms with Crippen molar-refractivity contribution in [2.24, 2.45) is 0 Å². The molecular formula is C29H19BrN4O. The van der Waals surface area contributed by atoms with E-state index in [-0.39, 0.29) is 5.56 Å². The van der Waals surface area contributed by atoms with Gasteiger partial charge in [-0.25, -0.2) is 9.67 Å². The molecule has 0 saturated carbocycles. The van der Waals surface area contributed by atoms with E-state index in [2.05, 4.69) is 45.3 Å². The highest BCUT2D eigenvalue weighted by atomic mass is 79.9. The maximum Gasteiger partial charge on any atom is 0.269 e. The highest BCUT2D eigenvalue weighted by Gasteiger charge is 2.18. The van der Waals surface area contributed by atoms with Gasteiger partial charge < -0.3 is 0 Å². The molecule has 0 aliphatic rings. The SMILES string of the molecule is O=c1c2cnn(-c3ccccc3)c2nc(-c2ccc(-c3ccccc3)cc2)n1-c1ccc(Br)cc1. The summed E-state index contributed by atoms with van der Waals surface area (Å²) >= 11 is 3.48. The normalized spacial score (nSPS) is 11.1. The van der Waals surface area contributed by atoms with Crippen molar-refractivity contribution in [2.45, 2.75) is 0 Å². The van der Waals surface area contributed by atoms with E-state index in [1.54, 1.807) is 15.4 Å². The van der Waals surface area contributed by atoms with Crippen LogP contribution in [-0.4, -0.2) is 19.3 Å². The Kier molecular flexibility index (Phi) is 5.35. The van der Waals surface area contributed by atoms with Crippen LogP contribution in [0.1, 0.15) is 0 Å². The zero-order chi connectivity index (χ0) is 23.8. The number of hydrogen-bond acceptors (Lipinski definition) is 3. The third-order valence-electron chi connectivity index (χ3n) is 5.94. The molecule has 35 heavy (non-hydrogen) atoms. The van der Waals surface area contributed by atoms with Gasteiger partial charge in [-0.2, -0.15) is 5.10 Å². The van der Waals surface area contributed by atoms with Gasteiger partial charge in [0, 0.05) is 10.0 Å². The molecule has 4 aromatic carbocycles. The first-order chi connectivity index (χ1) is 17.2. The number of aromatic nitrogens is 4. The Labute approximate surface area is 210 Å². The van der Waals surface area contributed by atoms with Crippen LogP contribution < -0.4 is 5.56 Å². The molecule has 0 bridgehead atoms. The number of halogens is 1. The second-order valence-corrected chi connectivity index (χ2v) is 9.04. The summed E-state index contributed by atoms with van der Waals surface area (Å²) in [5, 5.41) is 4.96. The fourth-order valence-corrected chi connectivity index (χ4v) is 4.46. The molecule has 0 saturated heterocycles. The van der Waals surface area contributed by atoms with Crippen molar-refractivity contribution < 1.29 is 0 Å². The molecule has 2 heterocycles. The minimum absolute atomic E-state index is 0.165. The first kappa shape index (κ1) is 21.3. The quantitative estimate of drug-likeness (QED) is 0.262. The van der Waals surface area contributed by atoms with Crippen LogP contribution in [0.4, 0.5) is 0 Å². The Morgan fingerprint density at radius 3 is 1.91 bits per heavy atom. The number of rotatable bonds is 4. The number of hydrogen-bond donors (Lipinski definition) is 0. The zero-order valence-electron chi connectivity index (χ0n) is 18.5. The predicted octanol–water partition coefficient (Wildman–Crippen LogP) is 6.67. The Morgan fingerprint density at radius 1 is 0.629 bits per heavy atom.